The number of allylic oxidation sites excluding steroid dienone is 1. The molecule has 34 heavy (non-hydrogen) atoms. The molecule has 8 heteroatoms. The number of aromatic nitrogens is 3. The largest absolute Gasteiger partial charge is 0.328 e. The third kappa shape index (κ3) is 5.22. The zero-order valence-electron chi connectivity index (χ0n) is 19.5. The first-order valence-corrected chi connectivity index (χ1v) is 12.4. The van der Waals surface area contributed by atoms with Gasteiger partial charge in [-0.25, -0.2) is 0 Å². The van der Waals surface area contributed by atoms with Crippen LogP contribution < -0.4 is 5.32 Å². The number of likely N-dealkylation sites (tertiary alicyclic amines) is 1. The monoisotopic (exact) mass is 475 g/mol. The van der Waals surface area contributed by atoms with Crippen molar-refractivity contribution >= 4 is 29.3 Å². The maximum absolute atomic E-state index is 13.3. The van der Waals surface area contributed by atoms with E-state index in [1.165, 1.54) is 11.8 Å². The minimum Gasteiger partial charge on any atom is -0.328 e. The van der Waals surface area contributed by atoms with Crippen molar-refractivity contribution in [1.29, 1.82) is 0 Å². The van der Waals surface area contributed by atoms with Crippen molar-refractivity contribution in [1.82, 2.24) is 19.7 Å². The molecule has 0 saturated carbocycles. The van der Waals surface area contributed by atoms with Gasteiger partial charge in [0.05, 0.1) is 11.8 Å². The molecule has 0 aliphatic carbocycles. The van der Waals surface area contributed by atoms with E-state index in [2.05, 4.69) is 22.1 Å². The van der Waals surface area contributed by atoms with Crippen LogP contribution in [0.4, 0.5) is 5.69 Å². The van der Waals surface area contributed by atoms with Gasteiger partial charge in [-0.1, -0.05) is 48.2 Å². The summed E-state index contributed by atoms with van der Waals surface area (Å²) >= 11 is 1.33. The first kappa shape index (κ1) is 23.8. The van der Waals surface area contributed by atoms with E-state index in [1.807, 2.05) is 71.8 Å². The number of thioether (sulfide) groups is 1. The molecule has 0 spiro atoms. The zero-order chi connectivity index (χ0) is 24.1. The van der Waals surface area contributed by atoms with Gasteiger partial charge in [-0.05, 0) is 56.0 Å². The molecule has 176 valence electrons. The molecule has 4 rings (SSSR count). The second-order valence-electron chi connectivity index (χ2n) is 8.42. The van der Waals surface area contributed by atoms with E-state index in [0.717, 1.165) is 35.5 Å². The molecule has 1 saturated heterocycles. The Hall–Kier alpha value is -3.39. The summed E-state index contributed by atoms with van der Waals surface area (Å²) in [6.07, 6.45) is 3.52. The fourth-order valence-electron chi connectivity index (χ4n) is 4.25. The maximum atomic E-state index is 13.3. The van der Waals surface area contributed by atoms with Crippen LogP contribution in [0.3, 0.4) is 0 Å². The van der Waals surface area contributed by atoms with Crippen molar-refractivity contribution in [3.05, 3.63) is 83.7 Å². The topological polar surface area (TPSA) is 80.1 Å². The van der Waals surface area contributed by atoms with Crippen LogP contribution in [-0.2, 0) is 11.3 Å². The summed E-state index contributed by atoms with van der Waals surface area (Å²) in [5.41, 5.74) is 3.53. The van der Waals surface area contributed by atoms with Gasteiger partial charge in [0.1, 0.15) is 0 Å². The lowest BCUT2D eigenvalue weighted by molar-refractivity contribution is -0.113. The summed E-state index contributed by atoms with van der Waals surface area (Å²) < 4.78 is 1.96. The molecule has 0 bridgehead atoms. The molecule has 0 radical (unpaired) electrons. The van der Waals surface area contributed by atoms with Crippen LogP contribution in [0.1, 0.15) is 46.2 Å². The molecule has 1 atom stereocenters. The molecule has 1 N–H and O–H groups in total. The number of anilines is 1. The number of nitrogens with one attached hydrogen (secondary N) is 1. The summed E-state index contributed by atoms with van der Waals surface area (Å²) in [4.78, 5) is 27.7. The molecular formula is C26H29N5O2S. The third-order valence-electron chi connectivity index (χ3n) is 5.88. The van der Waals surface area contributed by atoms with Crippen molar-refractivity contribution in [3.8, 4) is 0 Å². The average Bonchev–Trinajstić information content (AvgIpc) is 3.45. The smallest absolute Gasteiger partial charge is 0.254 e. The molecule has 1 aliphatic heterocycles. The fourth-order valence-corrected chi connectivity index (χ4v) is 5.00. The van der Waals surface area contributed by atoms with Gasteiger partial charge in [0.15, 0.2) is 11.0 Å². The predicted molar refractivity (Wildman–Crippen MR) is 135 cm³/mol. The van der Waals surface area contributed by atoms with Crippen LogP contribution in [0.15, 0.2) is 66.3 Å². The van der Waals surface area contributed by atoms with Crippen LogP contribution in [0.2, 0.25) is 0 Å². The van der Waals surface area contributed by atoms with Gasteiger partial charge in [-0.2, -0.15) is 0 Å². The molecule has 7 nitrogen and oxygen atoms in total. The Labute approximate surface area is 204 Å². The van der Waals surface area contributed by atoms with Crippen LogP contribution in [0, 0.1) is 13.8 Å². The number of carbonyl (C=O) groups excluding carboxylic acids is 2. The van der Waals surface area contributed by atoms with Crippen LogP contribution in [0.5, 0.6) is 0 Å². The lowest BCUT2D eigenvalue weighted by atomic mass is 10.1. The van der Waals surface area contributed by atoms with Gasteiger partial charge in [0, 0.05) is 24.3 Å². The summed E-state index contributed by atoms with van der Waals surface area (Å²) in [5.74, 6) is 0.851. The Kier molecular flexibility index (Phi) is 7.47. The van der Waals surface area contributed by atoms with Crippen LogP contribution in [-0.4, -0.2) is 43.8 Å². The number of hydrogen-bond acceptors (Lipinski definition) is 5. The number of benzene rings is 2. The number of rotatable bonds is 8. The van der Waals surface area contributed by atoms with Gasteiger partial charge >= 0.3 is 0 Å². The van der Waals surface area contributed by atoms with Gasteiger partial charge in [-0.15, -0.1) is 16.8 Å². The summed E-state index contributed by atoms with van der Waals surface area (Å²) in [5, 5.41) is 12.4. The number of amides is 2. The molecule has 1 fully saturated rings. The van der Waals surface area contributed by atoms with E-state index in [0.29, 0.717) is 23.8 Å². The Morgan fingerprint density at radius 1 is 1.18 bits per heavy atom. The number of aryl methyl sites for hydroxylation is 2. The Morgan fingerprint density at radius 3 is 2.76 bits per heavy atom. The average molecular weight is 476 g/mol. The number of carbonyl (C=O) groups is 2. The van der Waals surface area contributed by atoms with E-state index in [-0.39, 0.29) is 23.6 Å². The quantitative estimate of drug-likeness (QED) is 0.374. The number of nitrogens with zero attached hydrogens (tertiary/aromatic N) is 4. The second kappa shape index (κ2) is 10.7. The highest BCUT2D eigenvalue weighted by Gasteiger charge is 2.35. The molecular weight excluding hydrogens is 446 g/mol. The predicted octanol–water partition coefficient (Wildman–Crippen LogP) is 4.79. The molecule has 1 unspecified atom stereocenters. The first-order chi connectivity index (χ1) is 16.5. The van der Waals surface area contributed by atoms with Crippen molar-refractivity contribution in [2.45, 2.75) is 44.4 Å². The highest BCUT2D eigenvalue weighted by Crippen LogP contribution is 2.34. The molecule has 1 aliphatic rings. The van der Waals surface area contributed by atoms with Gasteiger partial charge < -0.3 is 14.8 Å². The Bertz CT molecular complexity index is 1210. The lowest BCUT2D eigenvalue weighted by Crippen LogP contribution is -2.32. The van der Waals surface area contributed by atoms with Crippen LogP contribution in [0.25, 0.3) is 0 Å². The minimum absolute atomic E-state index is 0.0143. The van der Waals surface area contributed by atoms with E-state index >= 15 is 0 Å². The molecule has 2 amide bonds. The number of hydrogen-bond donors (Lipinski definition) is 1. The van der Waals surface area contributed by atoms with E-state index < -0.39 is 0 Å². The minimum atomic E-state index is -0.157. The standard InChI is InChI=1S/C26H29N5O2S/c1-4-14-31-24(22-13-8-15-30(22)25(33)21-12-6-5-10-19(21)3)28-29-26(31)34-17-23(32)27-20-11-7-9-18(2)16-20/h4-7,9-12,16,22H,1,8,13-15,17H2,2-3H3,(H,27,32). The van der Waals surface area contributed by atoms with Crippen molar-refractivity contribution in [3.63, 3.8) is 0 Å². The highest BCUT2D eigenvalue weighted by atomic mass is 32.2. The molecule has 3 aromatic rings. The van der Waals surface area contributed by atoms with E-state index in [4.69, 9.17) is 0 Å². The highest BCUT2D eigenvalue weighted by molar-refractivity contribution is 7.99. The van der Waals surface area contributed by atoms with Crippen molar-refractivity contribution in [2.75, 3.05) is 17.6 Å². The zero-order valence-corrected chi connectivity index (χ0v) is 20.3. The SMILES string of the molecule is C=CCn1c(SCC(=O)Nc2cccc(C)c2)nnc1C1CCCN1C(=O)c1ccccc1C. The first-order valence-electron chi connectivity index (χ1n) is 11.4. The lowest BCUT2D eigenvalue weighted by Gasteiger charge is -2.25. The maximum Gasteiger partial charge on any atom is 0.254 e. The normalized spacial score (nSPS) is 15.4. The van der Waals surface area contributed by atoms with Crippen molar-refractivity contribution in [2.24, 2.45) is 0 Å². The summed E-state index contributed by atoms with van der Waals surface area (Å²) in [6, 6.07) is 15.2. The Balaban J connectivity index is 1.50. The molecule has 2 aromatic carbocycles. The van der Waals surface area contributed by atoms with Gasteiger partial charge in [0.25, 0.3) is 5.91 Å². The molecule has 2 heterocycles. The summed E-state index contributed by atoms with van der Waals surface area (Å²) in [7, 11) is 0. The fraction of sp³-hybridized carbons (Fsp3) is 0.308. The van der Waals surface area contributed by atoms with E-state index in [9.17, 15) is 9.59 Å². The second-order valence-corrected chi connectivity index (χ2v) is 9.36. The van der Waals surface area contributed by atoms with Crippen molar-refractivity contribution < 1.29 is 9.59 Å². The van der Waals surface area contributed by atoms with Gasteiger partial charge in [-0.3, -0.25) is 9.59 Å². The molecule has 1 aromatic heterocycles. The van der Waals surface area contributed by atoms with Gasteiger partial charge in [0.2, 0.25) is 5.91 Å². The third-order valence-corrected chi connectivity index (χ3v) is 6.85. The Morgan fingerprint density at radius 2 is 2.00 bits per heavy atom. The summed E-state index contributed by atoms with van der Waals surface area (Å²) in [6.45, 7) is 9.00. The van der Waals surface area contributed by atoms with E-state index in [1.54, 1.807) is 6.08 Å². The van der Waals surface area contributed by atoms with Crippen LogP contribution >= 0.6 is 11.8 Å².